The second kappa shape index (κ2) is 4.11. The summed E-state index contributed by atoms with van der Waals surface area (Å²) in [7, 11) is 0. The molecule has 0 aliphatic rings. The minimum absolute atomic E-state index is 0.426. The third kappa shape index (κ3) is 5.05. The van der Waals surface area contributed by atoms with E-state index in [1.54, 1.807) is 12.2 Å². The largest absolute Gasteiger partial charge is 0.192 e. The molecule has 0 heterocycles. The van der Waals surface area contributed by atoms with Gasteiger partial charge in [-0.05, 0) is 12.2 Å². The van der Waals surface area contributed by atoms with E-state index in [0.29, 0.717) is 5.57 Å². The first-order valence-electron chi connectivity index (χ1n) is 2.28. The van der Waals surface area contributed by atoms with Crippen molar-refractivity contribution in [2.24, 2.45) is 0 Å². The summed E-state index contributed by atoms with van der Waals surface area (Å²) in [5.74, 6) is 0. The summed E-state index contributed by atoms with van der Waals surface area (Å²) in [6.45, 7) is 6.98. The number of halogens is 1. The summed E-state index contributed by atoms with van der Waals surface area (Å²) in [6.07, 6.45) is 3.27. The molecule has 0 fully saturated rings. The van der Waals surface area contributed by atoms with Gasteiger partial charge in [-0.1, -0.05) is 29.1 Å². The molecule has 0 radical (unpaired) electrons. The highest BCUT2D eigenvalue weighted by molar-refractivity contribution is 9.11. The first-order chi connectivity index (χ1) is 4.16. The van der Waals surface area contributed by atoms with Crippen LogP contribution in [0.4, 0.5) is 0 Å². The van der Waals surface area contributed by atoms with E-state index >= 15 is 0 Å². The molecule has 0 aliphatic carbocycles. The van der Waals surface area contributed by atoms with E-state index in [2.05, 4.69) is 29.1 Å². The van der Waals surface area contributed by atoms with Crippen molar-refractivity contribution in [1.29, 1.82) is 5.26 Å². The lowest BCUT2D eigenvalue weighted by Crippen LogP contribution is -1.63. The summed E-state index contributed by atoms with van der Waals surface area (Å²) in [5.41, 5.74) is 0.426. The molecular formula is C7H6BrN. The molecule has 2 heteroatoms. The van der Waals surface area contributed by atoms with Crippen molar-refractivity contribution in [2.45, 2.75) is 0 Å². The van der Waals surface area contributed by atoms with Crippen LogP contribution in [0.5, 0.6) is 0 Å². The van der Waals surface area contributed by atoms with Gasteiger partial charge in [0.05, 0.1) is 6.07 Å². The molecule has 0 aromatic heterocycles. The third-order valence-electron chi connectivity index (χ3n) is 0.609. The van der Waals surface area contributed by atoms with Crippen molar-refractivity contribution in [3.63, 3.8) is 0 Å². The van der Waals surface area contributed by atoms with Gasteiger partial charge in [0.2, 0.25) is 0 Å². The Morgan fingerprint density at radius 2 is 2.00 bits per heavy atom. The standard InChI is InChI=1S/C7H6BrN/c1-6(5-9)3-4-7(2)8/h3-4H,1-2H2/b4-3-. The molecule has 0 N–H and O–H groups in total. The van der Waals surface area contributed by atoms with Crippen molar-refractivity contribution < 1.29 is 0 Å². The van der Waals surface area contributed by atoms with E-state index in [-0.39, 0.29) is 0 Å². The van der Waals surface area contributed by atoms with Gasteiger partial charge in [-0.15, -0.1) is 0 Å². The Balaban J connectivity index is 3.90. The molecule has 0 aromatic rings. The Hall–Kier alpha value is -0.810. The summed E-state index contributed by atoms with van der Waals surface area (Å²) < 4.78 is 0.735. The van der Waals surface area contributed by atoms with Crippen LogP contribution in [0, 0.1) is 11.3 Å². The van der Waals surface area contributed by atoms with Gasteiger partial charge in [0.1, 0.15) is 0 Å². The molecule has 0 unspecified atom stereocenters. The zero-order valence-electron chi connectivity index (χ0n) is 4.89. The smallest absolute Gasteiger partial charge is 0.0985 e. The third-order valence-corrected chi connectivity index (χ3v) is 0.873. The van der Waals surface area contributed by atoms with Crippen LogP contribution in [0.3, 0.4) is 0 Å². The molecule has 46 valence electrons. The molecule has 0 amide bonds. The van der Waals surface area contributed by atoms with Gasteiger partial charge in [-0.3, -0.25) is 0 Å². The molecule has 0 saturated carbocycles. The number of allylic oxidation sites excluding steroid dienone is 4. The van der Waals surface area contributed by atoms with Gasteiger partial charge >= 0.3 is 0 Å². The zero-order chi connectivity index (χ0) is 7.28. The molecule has 0 rings (SSSR count). The molecule has 0 bridgehead atoms. The van der Waals surface area contributed by atoms with E-state index in [1.807, 2.05) is 6.07 Å². The van der Waals surface area contributed by atoms with E-state index in [1.165, 1.54) is 0 Å². The van der Waals surface area contributed by atoms with Crippen LogP contribution < -0.4 is 0 Å². The van der Waals surface area contributed by atoms with E-state index < -0.39 is 0 Å². The normalized spacial score (nSPS) is 8.89. The fraction of sp³-hybridized carbons (Fsp3) is 0. The maximum Gasteiger partial charge on any atom is 0.0985 e. The first kappa shape index (κ1) is 8.19. The highest BCUT2D eigenvalue weighted by Gasteiger charge is 1.80. The SMILES string of the molecule is C=C(Br)/C=C\C(=C)C#N. The highest BCUT2D eigenvalue weighted by atomic mass is 79.9. The predicted octanol–water partition coefficient (Wildman–Crippen LogP) is 2.53. The van der Waals surface area contributed by atoms with Gasteiger partial charge in [0, 0.05) is 10.1 Å². The van der Waals surface area contributed by atoms with Crippen molar-refractivity contribution in [3.8, 4) is 6.07 Å². The molecule has 0 aliphatic heterocycles. The Labute approximate surface area is 63.1 Å². The number of nitrogens with zero attached hydrogens (tertiary/aromatic N) is 1. The maximum atomic E-state index is 8.20. The van der Waals surface area contributed by atoms with Crippen LogP contribution in [0.25, 0.3) is 0 Å². The lowest BCUT2D eigenvalue weighted by molar-refractivity contribution is 1.51. The topological polar surface area (TPSA) is 23.8 Å². The van der Waals surface area contributed by atoms with Crippen molar-refractivity contribution in [1.82, 2.24) is 0 Å². The van der Waals surface area contributed by atoms with Crippen molar-refractivity contribution in [2.75, 3.05) is 0 Å². The molecule has 0 spiro atoms. The second-order valence-electron chi connectivity index (χ2n) is 1.42. The molecule has 9 heavy (non-hydrogen) atoms. The van der Waals surface area contributed by atoms with Crippen molar-refractivity contribution in [3.05, 3.63) is 35.4 Å². The van der Waals surface area contributed by atoms with Crippen LogP contribution in [0.2, 0.25) is 0 Å². The monoisotopic (exact) mass is 183 g/mol. The lowest BCUT2D eigenvalue weighted by atomic mass is 10.3. The van der Waals surface area contributed by atoms with E-state index in [9.17, 15) is 0 Å². The Morgan fingerprint density at radius 3 is 2.33 bits per heavy atom. The fourth-order valence-electron chi connectivity index (χ4n) is 0.228. The lowest BCUT2D eigenvalue weighted by Gasteiger charge is -1.80. The van der Waals surface area contributed by atoms with E-state index in [0.717, 1.165) is 4.48 Å². The Kier molecular flexibility index (Phi) is 3.74. The van der Waals surface area contributed by atoms with Gasteiger partial charge in [-0.2, -0.15) is 5.26 Å². The van der Waals surface area contributed by atoms with Crippen LogP contribution >= 0.6 is 15.9 Å². The quantitative estimate of drug-likeness (QED) is 0.477. The number of nitriles is 1. The Morgan fingerprint density at radius 1 is 1.44 bits per heavy atom. The van der Waals surface area contributed by atoms with Gasteiger partial charge < -0.3 is 0 Å². The van der Waals surface area contributed by atoms with Crippen LogP contribution in [-0.2, 0) is 0 Å². The van der Waals surface area contributed by atoms with Gasteiger partial charge in [-0.25, -0.2) is 0 Å². The maximum absolute atomic E-state index is 8.20. The Bertz CT molecular complexity index is 195. The predicted molar refractivity (Wildman–Crippen MR) is 42.0 cm³/mol. The number of hydrogen-bond donors (Lipinski definition) is 0. The molecular weight excluding hydrogens is 178 g/mol. The first-order valence-corrected chi connectivity index (χ1v) is 3.07. The van der Waals surface area contributed by atoms with Crippen LogP contribution in [0.15, 0.2) is 35.4 Å². The minimum Gasteiger partial charge on any atom is -0.192 e. The number of hydrogen-bond acceptors (Lipinski definition) is 1. The summed E-state index contributed by atoms with van der Waals surface area (Å²) >= 11 is 3.10. The van der Waals surface area contributed by atoms with Gasteiger partial charge in [0.25, 0.3) is 0 Å². The molecule has 0 aromatic carbocycles. The summed E-state index contributed by atoms with van der Waals surface area (Å²) in [6, 6.07) is 1.88. The molecule has 0 saturated heterocycles. The minimum atomic E-state index is 0.426. The van der Waals surface area contributed by atoms with E-state index in [4.69, 9.17) is 5.26 Å². The average Bonchev–Trinajstić information content (AvgIpc) is 1.83. The average molecular weight is 184 g/mol. The summed E-state index contributed by atoms with van der Waals surface area (Å²) in [4.78, 5) is 0. The zero-order valence-corrected chi connectivity index (χ0v) is 6.48. The molecule has 1 nitrogen and oxygen atoms in total. The van der Waals surface area contributed by atoms with Crippen LogP contribution in [-0.4, -0.2) is 0 Å². The second-order valence-corrected chi connectivity index (χ2v) is 2.44. The fourth-order valence-corrected chi connectivity index (χ4v) is 0.360. The summed E-state index contributed by atoms with van der Waals surface area (Å²) in [5, 5.41) is 8.20. The molecule has 0 atom stereocenters. The van der Waals surface area contributed by atoms with Crippen molar-refractivity contribution >= 4 is 15.9 Å². The highest BCUT2D eigenvalue weighted by Crippen LogP contribution is 2.03. The van der Waals surface area contributed by atoms with Crippen LogP contribution in [0.1, 0.15) is 0 Å². The number of rotatable bonds is 2. The van der Waals surface area contributed by atoms with Gasteiger partial charge in [0.15, 0.2) is 0 Å².